The topological polar surface area (TPSA) is 12.0 Å². The third-order valence-electron chi connectivity index (χ3n) is 3.57. The Labute approximate surface area is 117 Å². The maximum absolute atomic E-state index is 13.3. The van der Waals surface area contributed by atoms with E-state index in [1.165, 1.54) is 31.2 Å². The number of halogens is 1. The fourth-order valence-corrected chi connectivity index (χ4v) is 2.37. The van der Waals surface area contributed by atoms with Crippen LogP contribution in [-0.2, 0) is 0 Å². The van der Waals surface area contributed by atoms with E-state index in [0.717, 1.165) is 24.9 Å². The van der Waals surface area contributed by atoms with Crippen LogP contribution in [0.5, 0.6) is 0 Å². The van der Waals surface area contributed by atoms with E-state index in [9.17, 15) is 4.39 Å². The van der Waals surface area contributed by atoms with Gasteiger partial charge in [-0.25, -0.2) is 4.39 Å². The Kier molecular flexibility index (Phi) is 7.73. The Balaban J connectivity index is 2.63. The quantitative estimate of drug-likeness (QED) is 0.609. The normalized spacial score (nSPS) is 12.6. The van der Waals surface area contributed by atoms with Crippen LogP contribution in [0.25, 0.3) is 0 Å². The number of benzene rings is 1. The summed E-state index contributed by atoms with van der Waals surface area (Å²) < 4.78 is 13.3. The molecular weight excluding hydrogens is 237 g/mol. The number of hydrogen-bond donors (Lipinski definition) is 1. The van der Waals surface area contributed by atoms with Crippen molar-refractivity contribution >= 4 is 0 Å². The Morgan fingerprint density at radius 2 is 1.89 bits per heavy atom. The van der Waals surface area contributed by atoms with Gasteiger partial charge in [-0.15, -0.1) is 0 Å². The Morgan fingerprint density at radius 1 is 1.11 bits per heavy atom. The zero-order chi connectivity index (χ0) is 14.1. The van der Waals surface area contributed by atoms with E-state index in [1.807, 2.05) is 19.1 Å². The lowest BCUT2D eigenvalue weighted by molar-refractivity contribution is 0.469. The van der Waals surface area contributed by atoms with Gasteiger partial charge in [0.25, 0.3) is 0 Å². The van der Waals surface area contributed by atoms with Crippen molar-refractivity contribution < 1.29 is 4.39 Å². The van der Waals surface area contributed by atoms with Crippen molar-refractivity contribution in [1.82, 2.24) is 5.32 Å². The molecule has 1 aromatic carbocycles. The van der Waals surface area contributed by atoms with Crippen LogP contribution in [0.3, 0.4) is 0 Å². The van der Waals surface area contributed by atoms with Gasteiger partial charge in [0.2, 0.25) is 0 Å². The maximum atomic E-state index is 13.3. The van der Waals surface area contributed by atoms with Crippen molar-refractivity contribution in [2.24, 2.45) is 0 Å². The van der Waals surface area contributed by atoms with Crippen LogP contribution in [0.2, 0.25) is 0 Å². The summed E-state index contributed by atoms with van der Waals surface area (Å²) in [7, 11) is 0. The van der Waals surface area contributed by atoms with Gasteiger partial charge in [0.15, 0.2) is 0 Å². The average molecular weight is 265 g/mol. The van der Waals surface area contributed by atoms with Crippen LogP contribution in [0.1, 0.15) is 69.5 Å². The monoisotopic (exact) mass is 265 g/mol. The molecule has 19 heavy (non-hydrogen) atoms. The molecule has 0 aliphatic rings. The summed E-state index contributed by atoms with van der Waals surface area (Å²) >= 11 is 0. The number of rotatable bonds is 9. The van der Waals surface area contributed by atoms with Gasteiger partial charge >= 0.3 is 0 Å². The summed E-state index contributed by atoms with van der Waals surface area (Å²) in [6.07, 6.45) is 7.38. The standard InChI is InChI=1S/C17H28FN/c1-4-6-7-8-9-17(19-12-5-2)15-10-11-16(18)14(3)13-15/h10-11,13,17,19H,4-9,12H2,1-3H3. The lowest BCUT2D eigenvalue weighted by Gasteiger charge is -2.19. The number of nitrogens with one attached hydrogen (secondary N) is 1. The highest BCUT2D eigenvalue weighted by molar-refractivity contribution is 5.26. The summed E-state index contributed by atoms with van der Waals surface area (Å²) in [5.74, 6) is -0.107. The zero-order valence-electron chi connectivity index (χ0n) is 12.6. The van der Waals surface area contributed by atoms with E-state index in [0.29, 0.717) is 6.04 Å². The highest BCUT2D eigenvalue weighted by atomic mass is 19.1. The maximum Gasteiger partial charge on any atom is 0.126 e. The minimum Gasteiger partial charge on any atom is -0.310 e. The molecule has 0 aliphatic heterocycles. The van der Waals surface area contributed by atoms with Crippen molar-refractivity contribution in [3.63, 3.8) is 0 Å². The molecule has 1 N–H and O–H groups in total. The Bertz CT molecular complexity index is 362. The first-order valence-electron chi connectivity index (χ1n) is 7.68. The van der Waals surface area contributed by atoms with Crippen LogP contribution in [0.15, 0.2) is 18.2 Å². The molecule has 0 bridgehead atoms. The van der Waals surface area contributed by atoms with Gasteiger partial charge in [0, 0.05) is 6.04 Å². The van der Waals surface area contributed by atoms with Crippen molar-refractivity contribution in [2.45, 2.75) is 65.3 Å². The summed E-state index contributed by atoms with van der Waals surface area (Å²) in [5.41, 5.74) is 1.97. The molecule has 0 spiro atoms. The summed E-state index contributed by atoms with van der Waals surface area (Å²) in [4.78, 5) is 0. The first-order valence-corrected chi connectivity index (χ1v) is 7.68. The Morgan fingerprint density at radius 3 is 2.53 bits per heavy atom. The Hall–Kier alpha value is -0.890. The largest absolute Gasteiger partial charge is 0.310 e. The molecule has 0 fully saturated rings. The smallest absolute Gasteiger partial charge is 0.126 e. The first kappa shape index (κ1) is 16.2. The van der Waals surface area contributed by atoms with Crippen molar-refractivity contribution in [2.75, 3.05) is 6.54 Å². The minimum atomic E-state index is -0.107. The fraction of sp³-hybridized carbons (Fsp3) is 0.647. The zero-order valence-corrected chi connectivity index (χ0v) is 12.6. The van der Waals surface area contributed by atoms with Crippen LogP contribution < -0.4 is 5.32 Å². The molecule has 1 aromatic rings. The molecule has 0 amide bonds. The molecule has 0 saturated heterocycles. The predicted molar refractivity (Wildman–Crippen MR) is 80.9 cm³/mol. The highest BCUT2D eigenvalue weighted by Crippen LogP contribution is 2.22. The van der Waals surface area contributed by atoms with E-state index in [-0.39, 0.29) is 5.82 Å². The van der Waals surface area contributed by atoms with E-state index in [2.05, 4.69) is 19.2 Å². The lowest BCUT2D eigenvalue weighted by atomic mass is 9.98. The van der Waals surface area contributed by atoms with E-state index < -0.39 is 0 Å². The van der Waals surface area contributed by atoms with Crippen molar-refractivity contribution in [3.05, 3.63) is 35.1 Å². The molecule has 0 aliphatic carbocycles. The van der Waals surface area contributed by atoms with Gasteiger partial charge in [0.1, 0.15) is 5.82 Å². The van der Waals surface area contributed by atoms with E-state index in [4.69, 9.17) is 0 Å². The highest BCUT2D eigenvalue weighted by Gasteiger charge is 2.11. The molecule has 2 heteroatoms. The molecule has 1 rings (SSSR count). The van der Waals surface area contributed by atoms with Gasteiger partial charge in [-0.3, -0.25) is 0 Å². The first-order chi connectivity index (χ1) is 9.19. The van der Waals surface area contributed by atoms with E-state index >= 15 is 0 Å². The van der Waals surface area contributed by atoms with Crippen molar-refractivity contribution in [1.29, 1.82) is 0 Å². The van der Waals surface area contributed by atoms with Crippen molar-refractivity contribution in [3.8, 4) is 0 Å². The number of aryl methyl sites for hydroxylation is 1. The summed E-state index contributed by atoms with van der Waals surface area (Å²) in [5, 5.41) is 3.59. The number of hydrogen-bond acceptors (Lipinski definition) is 1. The van der Waals surface area contributed by atoms with Crippen LogP contribution in [0.4, 0.5) is 4.39 Å². The van der Waals surface area contributed by atoms with Crippen LogP contribution in [0, 0.1) is 12.7 Å². The third-order valence-corrected chi connectivity index (χ3v) is 3.57. The lowest BCUT2D eigenvalue weighted by Crippen LogP contribution is -2.22. The second kappa shape index (κ2) is 9.08. The second-order valence-electron chi connectivity index (χ2n) is 5.36. The molecule has 0 saturated carbocycles. The molecule has 0 radical (unpaired) electrons. The van der Waals surface area contributed by atoms with Gasteiger partial charge in [0.05, 0.1) is 0 Å². The molecule has 1 atom stereocenters. The predicted octanol–water partition coefficient (Wildman–Crippen LogP) is 5.15. The van der Waals surface area contributed by atoms with Gasteiger partial charge < -0.3 is 5.32 Å². The molecule has 1 unspecified atom stereocenters. The average Bonchev–Trinajstić information content (AvgIpc) is 2.41. The number of unbranched alkanes of at least 4 members (excludes halogenated alkanes) is 3. The van der Waals surface area contributed by atoms with E-state index in [1.54, 1.807) is 6.07 Å². The molecule has 108 valence electrons. The molecule has 0 heterocycles. The second-order valence-corrected chi connectivity index (χ2v) is 5.36. The molecule has 0 aromatic heterocycles. The van der Waals surface area contributed by atoms with Crippen LogP contribution in [-0.4, -0.2) is 6.54 Å². The third kappa shape index (κ3) is 5.73. The molecule has 1 nitrogen and oxygen atoms in total. The SMILES string of the molecule is CCCCCCC(NCCC)c1ccc(F)c(C)c1. The fourth-order valence-electron chi connectivity index (χ4n) is 2.37. The minimum absolute atomic E-state index is 0.107. The summed E-state index contributed by atoms with van der Waals surface area (Å²) in [6, 6.07) is 5.88. The summed E-state index contributed by atoms with van der Waals surface area (Å²) in [6.45, 7) is 7.27. The van der Waals surface area contributed by atoms with Crippen LogP contribution >= 0.6 is 0 Å². The van der Waals surface area contributed by atoms with Gasteiger partial charge in [-0.05, 0) is 43.5 Å². The molecular formula is C17H28FN. The van der Waals surface area contributed by atoms with Gasteiger partial charge in [-0.1, -0.05) is 51.7 Å². The van der Waals surface area contributed by atoms with Gasteiger partial charge in [-0.2, -0.15) is 0 Å².